The van der Waals surface area contributed by atoms with Crippen molar-refractivity contribution < 1.29 is 14.4 Å². The van der Waals surface area contributed by atoms with Crippen molar-refractivity contribution in [1.29, 1.82) is 0 Å². The molecule has 1 aromatic carbocycles. The maximum Gasteiger partial charge on any atom is 0.285 e. The van der Waals surface area contributed by atoms with Gasteiger partial charge in [-0.1, -0.05) is 28.1 Å². The predicted octanol–water partition coefficient (Wildman–Crippen LogP) is 1.61. The first-order valence-electron chi connectivity index (χ1n) is 4.42. The lowest BCUT2D eigenvalue weighted by atomic mass is 10.1. The molecular formula is C10H8BrNO3. The van der Waals surface area contributed by atoms with Gasteiger partial charge in [0.2, 0.25) is 0 Å². The Hall–Kier alpha value is -1.20. The zero-order valence-corrected chi connectivity index (χ0v) is 9.36. The zero-order valence-electron chi connectivity index (χ0n) is 7.77. The quantitative estimate of drug-likeness (QED) is 0.619. The summed E-state index contributed by atoms with van der Waals surface area (Å²) in [6.45, 7) is 0.283. The summed E-state index contributed by atoms with van der Waals surface area (Å²) < 4.78 is 0. The van der Waals surface area contributed by atoms with Crippen LogP contribution in [0.2, 0.25) is 0 Å². The van der Waals surface area contributed by atoms with Crippen LogP contribution in [0.3, 0.4) is 0 Å². The standard InChI is InChI=1S/C10H8BrNO3/c11-5-6-15-12-9(13)7-3-1-2-4-8(7)10(12)14/h1-4H,5-6H2. The first-order valence-corrected chi connectivity index (χ1v) is 5.54. The van der Waals surface area contributed by atoms with Gasteiger partial charge in [-0.3, -0.25) is 14.4 Å². The monoisotopic (exact) mass is 269 g/mol. The summed E-state index contributed by atoms with van der Waals surface area (Å²) in [6.07, 6.45) is 0. The third-order valence-electron chi connectivity index (χ3n) is 2.05. The number of carbonyl (C=O) groups excluding carboxylic acids is 2. The molecule has 1 aromatic rings. The maximum absolute atomic E-state index is 11.7. The number of fused-ring (bicyclic) bond motifs is 1. The van der Waals surface area contributed by atoms with Gasteiger partial charge in [-0.25, -0.2) is 0 Å². The van der Waals surface area contributed by atoms with Gasteiger partial charge in [-0.15, -0.1) is 5.06 Å². The molecular weight excluding hydrogens is 262 g/mol. The normalized spacial score (nSPS) is 14.6. The highest BCUT2D eigenvalue weighted by Gasteiger charge is 2.36. The van der Waals surface area contributed by atoms with Crippen LogP contribution in [0.15, 0.2) is 24.3 Å². The molecule has 0 radical (unpaired) electrons. The van der Waals surface area contributed by atoms with E-state index in [4.69, 9.17) is 4.84 Å². The first kappa shape index (κ1) is 10.3. The fraction of sp³-hybridized carbons (Fsp3) is 0.200. The van der Waals surface area contributed by atoms with Crippen molar-refractivity contribution in [2.75, 3.05) is 11.9 Å². The number of amides is 2. The number of hydroxylamine groups is 2. The first-order chi connectivity index (χ1) is 7.25. The lowest BCUT2D eigenvalue weighted by Gasteiger charge is -2.11. The molecule has 1 aliphatic rings. The van der Waals surface area contributed by atoms with E-state index in [1.54, 1.807) is 24.3 Å². The fourth-order valence-electron chi connectivity index (χ4n) is 1.41. The van der Waals surface area contributed by atoms with E-state index in [-0.39, 0.29) is 6.61 Å². The minimum atomic E-state index is -0.392. The van der Waals surface area contributed by atoms with Crippen LogP contribution in [0.25, 0.3) is 0 Å². The molecule has 5 heteroatoms. The zero-order chi connectivity index (χ0) is 10.8. The molecule has 2 amide bonds. The van der Waals surface area contributed by atoms with Crippen molar-refractivity contribution in [3.63, 3.8) is 0 Å². The second kappa shape index (κ2) is 4.12. The predicted molar refractivity (Wildman–Crippen MR) is 56.7 cm³/mol. The average Bonchev–Trinajstić information content (AvgIpc) is 2.51. The second-order valence-electron chi connectivity index (χ2n) is 2.97. The molecule has 0 unspecified atom stereocenters. The largest absolute Gasteiger partial charge is 0.285 e. The van der Waals surface area contributed by atoms with Gasteiger partial charge < -0.3 is 0 Å². The molecule has 4 nitrogen and oxygen atoms in total. The van der Waals surface area contributed by atoms with E-state index in [9.17, 15) is 9.59 Å². The third kappa shape index (κ3) is 1.68. The van der Waals surface area contributed by atoms with E-state index in [1.165, 1.54) is 0 Å². The Labute approximate surface area is 94.9 Å². The number of hydrogen-bond donors (Lipinski definition) is 0. The van der Waals surface area contributed by atoms with Crippen LogP contribution in [-0.4, -0.2) is 28.8 Å². The number of rotatable bonds is 3. The molecule has 1 heterocycles. The smallest absolute Gasteiger partial charge is 0.266 e. The average molecular weight is 270 g/mol. The maximum atomic E-state index is 11.7. The van der Waals surface area contributed by atoms with Gasteiger partial charge >= 0.3 is 0 Å². The molecule has 0 bridgehead atoms. The van der Waals surface area contributed by atoms with Crippen molar-refractivity contribution in [1.82, 2.24) is 5.06 Å². The van der Waals surface area contributed by atoms with Crippen LogP contribution >= 0.6 is 15.9 Å². The van der Waals surface area contributed by atoms with E-state index in [2.05, 4.69) is 15.9 Å². The lowest BCUT2D eigenvalue weighted by molar-refractivity contribution is -0.0850. The molecule has 0 N–H and O–H groups in total. The van der Waals surface area contributed by atoms with E-state index in [0.717, 1.165) is 5.06 Å². The van der Waals surface area contributed by atoms with Gasteiger partial charge in [0.15, 0.2) is 0 Å². The molecule has 0 fully saturated rings. The molecule has 15 heavy (non-hydrogen) atoms. The number of nitrogens with zero attached hydrogens (tertiary/aromatic N) is 1. The number of hydrogen-bond acceptors (Lipinski definition) is 3. The van der Waals surface area contributed by atoms with Crippen molar-refractivity contribution in [2.45, 2.75) is 0 Å². The van der Waals surface area contributed by atoms with E-state index >= 15 is 0 Å². The van der Waals surface area contributed by atoms with Gasteiger partial charge in [-0.2, -0.15) is 0 Å². The Morgan fingerprint density at radius 1 is 1.13 bits per heavy atom. The lowest BCUT2D eigenvalue weighted by Crippen LogP contribution is -2.30. The van der Waals surface area contributed by atoms with E-state index in [1.807, 2.05) is 0 Å². The molecule has 0 aromatic heterocycles. The van der Waals surface area contributed by atoms with Crippen LogP contribution in [0.1, 0.15) is 20.7 Å². The van der Waals surface area contributed by atoms with Crippen LogP contribution < -0.4 is 0 Å². The molecule has 0 saturated carbocycles. The summed E-state index contributed by atoms with van der Waals surface area (Å²) >= 11 is 3.16. The Bertz CT molecular complexity index is 384. The number of halogens is 1. The Balaban J connectivity index is 2.29. The van der Waals surface area contributed by atoms with Crippen LogP contribution in [0, 0.1) is 0 Å². The Kier molecular flexibility index (Phi) is 2.83. The Morgan fingerprint density at radius 2 is 1.67 bits per heavy atom. The number of alkyl halides is 1. The molecule has 2 rings (SSSR count). The Morgan fingerprint density at radius 3 is 2.13 bits per heavy atom. The van der Waals surface area contributed by atoms with Gasteiger partial charge in [-0.05, 0) is 12.1 Å². The van der Waals surface area contributed by atoms with Gasteiger partial charge in [0.25, 0.3) is 11.8 Å². The molecule has 0 aliphatic carbocycles. The highest BCUT2D eigenvalue weighted by Crippen LogP contribution is 2.22. The van der Waals surface area contributed by atoms with Gasteiger partial charge in [0.05, 0.1) is 17.7 Å². The van der Waals surface area contributed by atoms with Gasteiger partial charge in [0, 0.05) is 5.33 Å². The van der Waals surface area contributed by atoms with Crippen molar-refractivity contribution >= 4 is 27.7 Å². The summed E-state index contributed by atoms with van der Waals surface area (Å²) in [7, 11) is 0. The minimum Gasteiger partial charge on any atom is -0.266 e. The summed E-state index contributed by atoms with van der Waals surface area (Å²) in [4.78, 5) is 28.4. The van der Waals surface area contributed by atoms with Crippen LogP contribution in [-0.2, 0) is 4.84 Å². The molecule has 0 atom stereocenters. The fourth-order valence-corrected chi connectivity index (χ4v) is 1.55. The topological polar surface area (TPSA) is 46.6 Å². The molecule has 78 valence electrons. The molecule has 0 saturated heterocycles. The summed E-state index contributed by atoms with van der Waals surface area (Å²) in [5.74, 6) is -0.784. The number of imide groups is 1. The number of carbonyl (C=O) groups is 2. The van der Waals surface area contributed by atoms with Crippen molar-refractivity contribution in [3.8, 4) is 0 Å². The van der Waals surface area contributed by atoms with Crippen molar-refractivity contribution in [2.24, 2.45) is 0 Å². The SMILES string of the molecule is O=C1c2ccccc2C(=O)N1OCCBr. The highest BCUT2D eigenvalue weighted by atomic mass is 79.9. The third-order valence-corrected chi connectivity index (χ3v) is 2.38. The molecule has 0 spiro atoms. The molecule has 1 aliphatic heterocycles. The highest BCUT2D eigenvalue weighted by molar-refractivity contribution is 9.09. The summed E-state index contributed by atoms with van der Waals surface area (Å²) in [6, 6.07) is 6.68. The van der Waals surface area contributed by atoms with Crippen LogP contribution in [0.5, 0.6) is 0 Å². The van der Waals surface area contributed by atoms with Crippen molar-refractivity contribution in [3.05, 3.63) is 35.4 Å². The second-order valence-corrected chi connectivity index (χ2v) is 3.77. The summed E-state index contributed by atoms with van der Waals surface area (Å²) in [5.41, 5.74) is 0.800. The summed E-state index contributed by atoms with van der Waals surface area (Å²) in [5, 5.41) is 1.38. The van der Waals surface area contributed by atoms with Crippen LogP contribution in [0.4, 0.5) is 0 Å². The number of benzene rings is 1. The van der Waals surface area contributed by atoms with E-state index < -0.39 is 11.8 Å². The van der Waals surface area contributed by atoms with Gasteiger partial charge in [0.1, 0.15) is 0 Å². The minimum absolute atomic E-state index is 0.283. The van der Waals surface area contributed by atoms with E-state index in [0.29, 0.717) is 16.5 Å².